The molecule has 0 unspecified atom stereocenters. The van der Waals surface area contributed by atoms with E-state index in [9.17, 15) is 0 Å². The second kappa shape index (κ2) is 7.52. The molecule has 0 aliphatic carbocycles. The normalized spacial score (nSPS) is 10.4. The Balaban J connectivity index is 2.05. The van der Waals surface area contributed by atoms with Crippen molar-refractivity contribution in [2.24, 2.45) is 0 Å². The summed E-state index contributed by atoms with van der Waals surface area (Å²) in [6, 6.07) is 1.93. The summed E-state index contributed by atoms with van der Waals surface area (Å²) in [5.74, 6) is 2.50. The van der Waals surface area contributed by atoms with Gasteiger partial charge < -0.3 is 10.6 Å². The van der Waals surface area contributed by atoms with Crippen LogP contribution in [0.4, 0.5) is 11.6 Å². The molecule has 0 aliphatic heterocycles. The minimum Gasteiger partial charge on any atom is -0.370 e. The van der Waals surface area contributed by atoms with Crippen molar-refractivity contribution in [3.63, 3.8) is 0 Å². The highest BCUT2D eigenvalue weighted by molar-refractivity contribution is 5.47. The van der Waals surface area contributed by atoms with E-state index in [4.69, 9.17) is 0 Å². The van der Waals surface area contributed by atoms with Gasteiger partial charge in [0.2, 0.25) is 0 Å². The second-order valence-electron chi connectivity index (χ2n) is 4.84. The highest BCUT2D eigenvalue weighted by atomic mass is 15.1. The molecule has 0 aromatic carbocycles. The molecule has 2 N–H and O–H groups in total. The van der Waals surface area contributed by atoms with Gasteiger partial charge in [0.1, 0.15) is 17.5 Å². The molecule has 21 heavy (non-hydrogen) atoms. The number of nitrogens with zero attached hydrogens (tertiary/aromatic N) is 4. The molecule has 0 saturated carbocycles. The van der Waals surface area contributed by atoms with E-state index < -0.39 is 0 Å². The van der Waals surface area contributed by atoms with E-state index in [0.717, 1.165) is 48.2 Å². The lowest BCUT2D eigenvalue weighted by molar-refractivity contribution is 0.907. The number of hydrogen-bond acceptors (Lipinski definition) is 6. The van der Waals surface area contributed by atoms with Crippen molar-refractivity contribution >= 4 is 11.6 Å². The van der Waals surface area contributed by atoms with E-state index in [1.165, 1.54) is 0 Å². The number of anilines is 2. The van der Waals surface area contributed by atoms with Gasteiger partial charge in [0.05, 0.1) is 24.1 Å². The third kappa shape index (κ3) is 4.66. The average molecular weight is 286 g/mol. The van der Waals surface area contributed by atoms with Crippen LogP contribution in [0.5, 0.6) is 0 Å². The summed E-state index contributed by atoms with van der Waals surface area (Å²) in [6.07, 6.45) is 5.41. The van der Waals surface area contributed by atoms with E-state index in [0.29, 0.717) is 6.54 Å². The van der Waals surface area contributed by atoms with Gasteiger partial charge in [0, 0.05) is 25.2 Å². The zero-order valence-electron chi connectivity index (χ0n) is 12.8. The fraction of sp³-hybridized carbons (Fsp3) is 0.467. The number of nitrogens with one attached hydrogen (secondary N) is 2. The first-order chi connectivity index (χ1) is 10.2. The minimum atomic E-state index is 0.598. The van der Waals surface area contributed by atoms with Gasteiger partial charge in [-0.25, -0.2) is 9.97 Å². The molecule has 112 valence electrons. The Morgan fingerprint density at radius 1 is 1.00 bits per heavy atom. The maximum Gasteiger partial charge on any atom is 0.132 e. The first-order valence-corrected chi connectivity index (χ1v) is 7.34. The van der Waals surface area contributed by atoms with Crippen LogP contribution in [-0.2, 0) is 13.0 Å². The maximum absolute atomic E-state index is 4.48. The molecule has 0 spiro atoms. The van der Waals surface area contributed by atoms with E-state index in [1.54, 1.807) is 12.4 Å². The standard InChI is InChI=1S/C15H22N6/c1-4-6-16-14-7-15(21-13(5-2)20-14)19-10-12-9-17-11(3)8-18-12/h7-9H,4-6,10H2,1-3H3,(H2,16,19,20,21). The molecular weight excluding hydrogens is 264 g/mol. The Kier molecular flexibility index (Phi) is 5.43. The molecule has 0 aliphatic rings. The zero-order chi connectivity index (χ0) is 15.1. The highest BCUT2D eigenvalue weighted by Crippen LogP contribution is 2.12. The summed E-state index contributed by atoms with van der Waals surface area (Å²) in [4.78, 5) is 17.5. The quantitative estimate of drug-likeness (QED) is 0.814. The van der Waals surface area contributed by atoms with Crippen molar-refractivity contribution in [3.05, 3.63) is 35.7 Å². The van der Waals surface area contributed by atoms with Crippen LogP contribution in [0.25, 0.3) is 0 Å². The largest absolute Gasteiger partial charge is 0.370 e. The number of hydrogen-bond donors (Lipinski definition) is 2. The van der Waals surface area contributed by atoms with Crippen molar-refractivity contribution in [2.75, 3.05) is 17.2 Å². The van der Waals surface area contributed by atoms with Gasteiger partial charge in [-0.05, 0) is 13.3 Å². The van der Waals surface area contributed by atoms with Gasteiger partial charge in [-0.15, -0.1) is 0 Å². The topological polar surface area (TPSA) is 75.6 Å². The van der Waals surface area contributed by atoms with Gasteiger partial charge in [0.15, 0.2) is 0 Å². The van der Waals surface area contributed by atoms with E-state index in [2.05, 4.69) is 37.5 Å². The molecule has 0 saturated heterocycles. The van der Waals surface area contributed by atoms with Crippen LogP contribution >= 0.6 is 0 Å². The van der Waals surface area contributed by atoms with Gasteiger partial charge in [-0.2, -0.15) is 0 Å². The lowest BCUT2D eigenvalue weighted by Crippen LogP contribution is -2.09. The maximum atomic E-state index is 4.48. The smallest absolute Gasteiger partial charge is 0.132 e. The molecule has 0 atom stereocenters. The average Bonchev–Trinajstić information content (AvgIpc) is 2.52. The molecular formula is C15H22N6. The molecule has 2 heterocycles. The second-order valence-corrected chi connectivity index (χ2v) is 4.84. The van der Waals surface area contributed by atoms with Crippen LogP contribution in [0.2, 0.25) is 0 Å². The van der Waals surface area contributed by atoms with Gasteiger partial charge in [0.25, 0.3) is 0 Å². The Morgan fingerprint density at radius 2 is 1.76 bits per heavy atom. The van der Waals surface area contributed by atoms with E-state index in [-0.39, 0.29) is 0 Å². The van der Waals surface area contributed by atoms with Crippen LogP contribution < -0.4 is 10.6 Å². The summed E-state index contributed by atoms with van der Waals surface area (Å²) in [5.41, 5.74) is 1.81. The molecule has 6 heteroatoms. The molecule has 0 radical (unpaired) electrons. The molecule has 0 amide bonds. The first kappa shape index (κ1) is 15.2. The summed E-state index contributed by atoms with van der Waals surface area (Å²) >= 11 is 0. The molecule has 0 fully saturated rings. The van der Waals surface area contributed by atoms with Crippen LogP contribution in [0, 0.1) is 6.92 Å². The van der Waals surface area contributed by atoms with Crippen molar-refractivity contribution in [3.8, 4) is 0 Å². The lowest BCUT2D eigenvalue weighted by atomic mass is 10.4. The lowest BCUT2D eigenvalue weighted by Gasteiger charge is -2.10. The highest BCUT2D eigenvalue weighted by Gasteiger charge is 2.04. The number of aromatic nitrogens is 4. The first-order valence-electron chi connectivity index (χ1n) is 7.34. The summed E-state index contributed by atoms with van der Waals surface area (Å²) in [6.45, 7) is 7.61. The molecule has 0 bridgehead atoms. The fourth-order valence-corrected chi connectivity index (χ4v) is 1.78. The van der Waals surface area contributed by atoms with Crippen molar-refractivity contribution in [2.45, 2.75) is 40.2 Å². The fourth-order valence-electron chi connectivity index (χ4n) is 1.78. The van der Waals surface area contributed by atoms with Crippen LogP contribution in [0.15, 0.2) is 18.5 Å². The molecule has 6 nitrogen and oxygen atoms in total. The SMILES string of the molecule is CCCNc1cc(NCc2cnc(C)cn2)nc(CC)n1. The Morgan fingerprint density at radius 3 is 2.38 bits per heavy atom. The Labute approximate surface area is 125 Å². The predicted molar refractivity (Wildman–Crippen MR) is 84.3 cm³/mol. The Bertz CT molecular complexity index is 567. The third-order valence-electron chi connectivity index (χ3n) is 2.93. The number of aryl methyl sites for hydroxylation is 2. The van der Waals surface area contributed by atoms with Crippen molar-refractivity contribution < 1.29 is 0 Å². The molecule has 2 rings (SSSR count). The molecule has 2 aromatic heterocycles. The van der Waals surface area contributed by atoms with E-state index >= 15 is 0 Å². The summed E-state index contributed by atoms with van der Waals surface area (Å²) in [7, 11) is 0. The third-order valence-corrected chi connectivity index (χ3v) is 2.93. The summed E-state index contributed by atoms with van der Waals surface area (Å²) < 4.78 is 0. The van der Waals surface area contributed by atoms with Crippen LogP contribution in [0.1, 0.15) is 37.5 Å². The number of rotatable bonds is 7. The molecule has 2 aromatic rings. The van der Waals surface area contributed by atoms with Gasteiger partial charge in [-0.1, -0.05) is 13.8 Å². The van der Waals surface area contributed by atoms with Crippen LogP contribution in [0.3, 0.4) is 0 Å². The van der Waals surface area contributed by atoms with Crippen LogP contribution in [-0.4, -0.2) is 26.5 Å². The zero-order valence-corrected chi connectivity index (χ0v) is 12.8. The monoisotopic (exact) mass is 286 g/mol. The predicted octanol–water partition coefficient (Wildman–Crippen LogP) is 2.57. The van der Waals surface area contributed by atoms with Gasteiger partial charge >= 0.3 is 0 Å². The van der Waals surface area contributed by atoms with Crippen molar-refractivity contribution in [1.82, 2.24) is 19.9 Å². The Hall–Kier alpha value is -2.24. The summed E-state index contributed by atoms with van der Waals surface area (Å²) in [5, 5.41) is 6.57. The van der Waals surface area contributed by atoms with Gasteiger partial charge in [-0.3, -0.25) is 9.97 Å². The van der Waals surface area contributed by atoms with E-state index in [1.807, 2.05) is 19.9 Å². The van der Waals surface area contributed by atoms with Crippen molar-refractivity contribution in [1.29, 1.82) is 0 Å². The minimum absolute atomic E-state index is 0.598.